The van der Waals surface area contributed by atoms with Crippen LogP contribution in [0, 0.1) is 10.1 Å². The second-order valence-corrected chi connectivity index (χ2v) is 6.05. The Bertz CT molecular complexity index is 764. The molecule has 0 bridgehead atoms. The van der Waals surface area contributed by atoms with Gasteiger partial charge in [0.1, 0.15) is 5.75 Å². The lowest BCUT2D eigenvalue weighted by Gasteiger charge is -2.03. The van der Waals surface area contributed by atoms with Gasteiger partial charge in [-0.05, 0) is 55.6 Å². The van der Waals surface area contributed by atoms with Gasteiger partial charge in [-0.3, -0.25) is 14.9 Å². The Kier molecular flexibility index (Phi) is 5.10. The minimum atomic E-state index is -0.493. The van der Waals surface area contributed by atoms with Crippen molar-refractivity contribution in [2.45, 2.75) is 0 Å². The number of nitro groups is 1. The smallest absolute Gasteiger partial charge is 0.270 e. The molecule has 0 spiro atoms. The van der Waals surface area contributed by atoms with Gasteiger partial charge in [0, 0.05) is 17.7 Å². The molecule has 0 saturated heterocycles. The van der Waals surface area contributed by atoms with E-state index in [0.717, 1.165) is 0 Å². The molecule has 2 rings (SSSR count). The van der Waals surface area contributed by atoms with Crippen LogP contribution in [0.3, 0.4) is 0 Å². The van der Waals surface area contributed by atoms with Crippen LogP contribution in [0.5, 0.6) is 5.75 Å². The first-order valence-corrected chi connectivity index (χ1v) is 7.62. The summed E-state index contributed by atoms with van der Waals surface area (Å²) in [5.41, 5.74) is 0.891. The number of phenolic OH excluding ortho intramolecular Hbond substituents is 1. The van der Waals surface area contributed by atoms with E-state index in [1.165, 1.54) is 36.4 Å². The lowest BCUT2D eigenvalue weighted by Crippen LogP contribution is -1.95. The molecule has 0 aliphatic rings. The van der Waals surface area contributed by atoms with E-state index in [9.17, 15) is 20.0 Å². The molecule has 7 heteroatoms. The van der Waals surface area contributed by atoms with Crippen LogP contribution in [0.1, 0.15) is 15.9 Å². The van der Waals surface area contributed by atoms with Crippen molar-refractivity contribution in [1.29, 1.82) is 0 Å². The molecule has 0 saturated carbocycles. The Morgan fingerprint density at radius 2 is 1.82 bits per heavy atom. The highest BCUT2D eigenvalue weighted by atomic mass is 79.9. The van der Waals surface area contributed by atoms with Gasteiger partial charge in [0.2, 0.25) is 0 Å². The third kappa shape index (κ3) is 3.80. The first kappa shape index (κ1) is 16.4. The lowest BCUT2D eigenvalue weighted by molar-refractivity contribution is -0.384. The highest BCUT2D eigenvalue weighted by Crippen LogP contribution is 2.33. The van der Waals surface area contributed by atoms with Crippen LogP contribution in [0.2, 0.25) is 0 Å². The topological polar surface area (TPSA) is 80.4 Å². The molecule has 2 aromatic carbocycles. The zero-order valence-electron chi connectivity index (χ0n) is 11.0. The third-order valence-corrected chi connectivity index (χ3v) is 4.02. The summed E-state index contributed by atoms with van der Waals surface area (Å²) in [6.45, 7) is 0. The van der Waals surface area contributed by atoms with E-state index < -0.39 is 4.92 Å². The molecule has 22 heavy (non-hydrogen) atoms. The van der Waals surface area contributed by atoms with Crippen LogP contribution in [0.25, 0.3) is 6.08 Å². The van der Waals surface area contributed by atoms with Crippen molar-refractivity contribution in [3.8, 4) is 5.75 Å². The first-order valence-electron chi connectivity index (χ1n) is 6.03. The fourth-order valence-corrected chi connectivity index (χ4v) is 2.90. The number of nitrogens with zero attached hydrogens (tertiary/aromatic N) is 1. The maximum Gasteiger partial charge on any atom is 0.270 e. The molecule has 0 aromatic heterocycles. The molecule has 0 unspecified atom stereocenters. The van der Waals surface area contributed by atoms with Crippen molar-refractivity contribution in [1.82, 2.24) is 0 Å². The van der Waals surface area contributed by atoms with Gasteiger partial charge in [0.15, 0.2) is 5.78 Å². The molecule has 0 heterocycles. The van der Waals surface area contributed by atoms with E-state index in [2.05, 4.69) is 31.9 Å². The quantitative estimate of drug-likeness (QED) is 0.332. The molecular formula is C15H9Br2NO4. The number of non-ortho nitro benzene ring substituents is 1. The van der Waals surface area contributed by atoms with Crippen LogP contribution >= 0.6 is 31.9 Å². The number of benzene rings is 2. The number of phenols is 1. The van der Waals surface area contributed by atoms with E-state index in [4.69, 9.17) is 0 Å². The zero-order valence-corrected chi connectivity index (χ0v) is 14.2. The standard InChI is InChI=1S/C15H9Br2NO4/c16-12-7-10(8-13(17)15(12)20)14(19)5-4-9-2-1-3-11(6-9)18(21)22/h1-8,20H. The van der Waals surface area contributed by atoms with Gasteiger partial charge in [-0.2, -0.15) is 0 Å². The maximum absolute atomic E-state index is 12.1. The lowest BCUT2D eigenvalue weighted by atomic mass is 10.1. The van der Waals surface area contributed by atoms with Crippen molar-refractivity contribution >= 4 is 49.4 Å². The van der Waals surface area contributed by atoms with Crippen molar-refractivity contribution in [3.05, 3.63) is 72.7 Å². The number of allylic oxidation sites excluding steroid dienone is 1. The number of aromatic hydroxyl groups is 1. The molecule has 5 nitrogen and oxygen atoms in total. The Morgan fingerprint density at radius 1 is 1.18 bits per heavy atom. The fraction of sp³-hybridized carbons (Fsp3) is 0. The van der Waals surface area contributed by atoms with E-state index in [1.807, 2.05) is 0 Å². The Hall–Kier alpha value is -1.99. The summed E-state index contributed by atoms with van der Waals surface area (Å²) in [7, 11) is 0. The normalized spacial score (nSPS) is 10.8. The summed E-state index contributed by atoms with van der Waals surface area (Å²) in [4.78, 5) is 22.3. The third-order valence-electron chi connectivity index (χ3n) is 2.81. The Balaban J connectivity index is 2.25. The monoisotopic (exact) mass is 425 g/mol. The van der Waals surface area contributed by atoms with Crippen LogP contribution < -0.4 is 0 Å². The van der Waals surface area contributed by atoms with E-state index in [0.29, 0.717) is 20.1 Å². The van der Waals surface area contributed by atoms with Crippen LogP contribution in [-0.4, -0.2) is 15.8 Å². The molecule has 2 aromatic rings. The van der Waals surface area contributed by atoms with E-state index >= 15 is 0 Å². The molecule has 0 aliphatic heterocycles. The van der Waals surface area contributed by atoms with Gasteiger partial charge < -0.3 is 5.11 Å². The summed E-state index contributed by atoms with van der Waals surface area (Å²) in [5.74, 6) is -0.271. The molecule has 0 fully saturated rings. The van der Waals surface area contributed by atoms with Gasteiger partial charge in [-0.1, -0.05) is 18.2 Å². The summed E-state index contributed by atoms with van der Waals surface area (Å²) >= 11 is 6.31. The molecule has 0 amide bonds. The first-order chi connectivity index (χ1) is 10.4. The molecule has 112 valence electrons. The van der Waals surface area contributed by atoms with Gasteiger partial charge in [0.05, 0.1) is 13.9 Å². The van der Waals surface area contributed by atoms with Crippen LogP contribution in [-0.2, 0) is 0 Å². The largest absolute Gasteiger partial charge is 0.506 e. The summed E-state index contributed by atoms with van der Waals surface area (Å²) in [6.07, 6.45) is 2.83. The van der Waals surface area contributed by atoms with Gasteiger partial charge >= 0.3 is 0 Å². The van der Waals surface area contributed by atoms with Crippen LogP contribution in [0.15, 0.2) is 51.4 Å². The number of carbonyl (C=O) groups is 1. The highest BCUT2D eigenvalue weighted by Gasteiger charge is 2.10. The SMILES string of the molecule is O=C(C=Cc1cccc([N+](=O)[O-])c1)c1cc(Br)c(O)c(Br)c1. The summed E-state index contributed by atoms with van der Waals surface area (Å²) in [6, 6.07) is 8.98. The number of hydrogen-bond donors (Lipinski definition) is 1. The predicted molar refractivity (Wildman–Crippen MR) is 90.0 cm³/mol. The number of nitro benzene ring substituents is 1. The molecule has 0 radical (unpaired) electrons. The van der Waals surface area contributed by atoms with Gasteiger partial charge in [-0.25, -0.2) is 0 Å². The number of hydrogen-bond acceptors (Lipinski definition) is 4. The maximum atomic E-state index is 12.1. The number of ketones is 1. The van der Waals surface area contributed by atoms with Crippen molar-refractivity contribution < 1.29 is 14.8 Å². The summed E-state index contributed by atoms with van der Waals surface area (Å²) in [5, 5.41) is 20.3. The molecule has 0 atom stereocenters. The number of rotatable bonds is 4. The highest BCUT2D eigenvalue weighted by molar-refractivity contribution is 9.11. The number of halogens is 2. The molecule has 1 N–H and O–H groups in total. The second kappa shape index (κ2) is 6.85. The zero-order chi connectivity index (χ0) is 16.3. The molecular weight excluding hydrogens is 418 g/mol. The average Bonchev–Trinajstić information content (AvgIpc) is 2.50. The average molecular weight is 427 g/mol. The van der Waals surface area contributed by atoms with Crippen molar-refractivity contribution in [3.63, 3.8) is 0 Å². The predicted octanol–water partition coefficient (Wildman–Crippen LogP) is 4.72. The van der Waals surface area contributed by atoms with Gasteiger partial charge in [-0.15, -0.1) is 0 Å². The second-order valence-electron chi connectivity index (χ2n) is 4.34. The minimum Gasteiger partial charge on any atom is -0.506 e. The Labute approximate surface area is 142 Å². The van der Waals surface area contributed by atoms with Crippen LogP contribution in [0.4, 0.5) is 5.69 Å². The van der Waals surface area contributed by atoms with E-state index in [-0.39, 0.29) is 17.2 Å². The fourth-order valence-electron chi connectivity index (χ4n) is 1.72. The summed E-state index contributed by atoms with van der Waals surface area (Å²) < 4.78 is 0.794. The minimum absolute atomic E-state index is 0.0132. The number of carbonyl (C=O) groups excluding carboxylic acids is 1. The Morgan fingerprint density at radius 3 is 2.41 bits per heavy atom. The van der Waals surface area contributed by atoms with E-state index in [1.54, 1.807) is 12.1 Å². The van der Waals surface area contributed by atoms with Crippen molar-refractivity contribution in [2.24, 2.45) is 0 Å². The van der Waals surface area contributed by atoms with Crippen molar-refractivity contribution in [2.75, 3.05) is 0 Å². The van der Waals surface area contributed by atoms with Gasteiger partial charge in [0.25, 0.3) is 5.69 Å². The molecule has 0 aliphatic carbocycles.